The second-order valence-corrected chi connectivity index (χ2v) is 7.47. The minimum Gasteiger partial charge on any atom is -0.489 e. The topological polar surface area (TPSA) is 91.2 Å². The maximum atomic E-state index is 14.3. The highest BCUT2D eigenvalue weighted by Crippen LogP contribution is 2.23. The SMILES string of the molecule is Cc1c(F)cc(C(=O)NCC(F)(F)F)cc1NC(=O)c1cccc(OCc2ccccc2C#N)c1. The number of carbonyl (C=O) groups is 2. The number of nitrogens with zero attached hydrogens (tertiary/aromatic N) is 1. The number of benzene rings is 3. The van der Waals surface area contributed by atoms with Crippen molar-refractivity contribution in [2.24, 2.45) is 0 Å². The molecule has 180 valence electrons. The van der Waals surface area contributed by atoms with Gasteiger partial charge in [-0.1, -0.05) is 24.3 Å². The van der Waals surface area contributed by atoms with Crippen LogP contribution < -0.4 is 15.4 Å². The molecule has 0 saturated heterocycles. The molecule has 0 fully saturated rings. The second-order valence-electron chi connectivity index (χ2n) is 7.47. The Kier molecular flexibility index (Phi) is 7.71. The van der Waals surface area contributed by atoms with Crippen LogP contribution in [0.1, 0.15) is 37.4 Å². The summed E-state index contributed by atoms with van der Waals surface area (Å²) < 4.78 is 57.1. The number of nitrogens with one attached hydrogen (secondary N) is 2. The van der Waals surface area contributed by atoms with Crippen molar-refractivity contribution >= 4 is 17.5 Å². The van der Waals surface area contributed by atoms with E-state index in [2.05, 4.69) is 11.4 Å². The fourth-order valence-corrected chi connectivity index (χ4v) is 3.06. The molecule has 3 rings (SSSR count). The van der Waals surface area contributed by atoms with Crippen molar-refractivity contribution < 1.29 is 31.9 Å². The van der Waals surface area contributed by atoms with Gasteiger partial charge in [0.25, 0.3) is 11.8 Å². The standard InChI is InChI=1S/C25H19F4N3O3/c1-15-21(26)10-19(23(33)31-14-25(27,28)29)11-22(15)32-24(34)16-7-4-8-20(9-16)35-13-18-6-3-2-5-17(18)12-30/h2-11H,13-14H2,1H3,(H,31,33)(H,32,34). The first-order valence-corrected chi connectivity index (χ1v) is 10.2. The lowest BCUT2D eigenvalue weighted by Crippen LogP contribution is -2.33. The molecule has 3 aromatic carbocycles. The van der Waals surface area contributed by atoms with Crippen LogP contribution >= 0.6 is 0 Å². The predicted octanol–water partition coefficient (Wildman–Crippen LogP) is 5.13. The Bertz CT molecular complexity index is 1300. The molecule has 0 atom stereocenters. The van der Waals surface area contributed by atoms with Crippen LogP contribution in [-0.2, 0) is 6.61 Å². The molecule has 2 N–H and O–H groups in total. The second kappa shape index (κ2) is 10.7. The van der Waals surface area contributed by atoms with Gasteiger partial charge in [0.05, 0.1) is 11.6 Å². The fraction of sp³-hybridized carbons (Fsp3) is 0.160. The zero-order valence-electron chi connectivity index (χ0n) is 18.4. The van der Waals surface area contributed by atoms with Gasteiger partial charge in [-0.3, -0.25) is 9.59 Å². The van der Waals surface area contributed by atoms with E-state index < -0.39 is 30.4 Å². The summed E-state index contributed by atoms with van der Waals surface area (Å²) in [4.78, 5) is 24.8. The summed E-state index contributed by atoms with van der Waals surface area (Å²) in [5.41, 5.74) is 0.839. The van der Waals surface area contributed by atoms with E-state index >= 15 is 0 Å². The number of nitriles is 1. The normalized spacial score (nSPS) is 10.9. The van der Waals surface area contributed by atoms with Crippen LogP contribution in [0.25, 0.3) is 0 Å². The molecule has 0 heterocycles. The van der Waals surface area contributed by atoms with Gasteiger partial charge in [-0.05, 0) is 43.3 Å². The summed E-state index contributed by atoms with van der Waals surface area (Å²) in [6, 6.07) is 17.0. The zero-order chi connectivity index (χ0) is 25.6. The molecule has 0 spiro atoms. The summed E-state index contributed by atoms with van der Waals surface area (Å²) in [7, 11) is 0. The van der Waals surface area contributed by atoms with Gasteiger partial charge in [0, 0.05) is 27.9 Å². The van der Waals surface area contributed by atoms with Crippen molar-refractivity contribution in [2.75, 3.05) is 11.9 Å². The van der Waals surface area contributed by atoms with Crippen molar-refractivity contribution in [3.8, 4) is 11.8 Å². The molecule has 0 aliphatic rings. The number of anilines is 1. The molecule has 0 bridgehead atoms. The Morgan fingerprint density at radius 1 is 1.00 bits per heavy atom. The molecule has 3 aromatic rings. The summed E-state index contributed by atoms with van der Waals surface area (Å²) >= 11 is 0. The Morgan fingerprint density at radius 2 is 1.74 bits per heavy atom. The van der Waals surface area contributed by atoms with Gasteiger partial charge >= 0.3 is 6.18 Å². The third kappa shape index (κ3) is 6.80. The van der Waals surface area contributed by atoms with Crippen LogP contribution in [0.5, 0.6) is 5.75 Å². The molecule has 35 heavy (non-hydrogen) atoms. The van der Waals surface area contributed by atoms with E-state index in [1.165, 1.54) is 19.1 Å². The molecule has 2 amide bonds. The third-order valence-electron chi connectivity index (χ3n) is 4.93. The van der Waals surface area contributed by atoms with Crippen molar-refractivity contribution in [1.82, 2.24) is 5.32 Å². The van der Waals surface area contributed by atoms with Crippen molar-refractivity contribution in [3.05, 3.63) is 94.3 Å². The largest absolute Gasteiger partial charge is 0.489 e. The molecule has 0 radical (unpaired) electrons. The van der Waals surface area contributed by atoms with Gasteiger partial charge in [0.1, 0.15) is 24.7 Å². The Morgan fingerprint density at radius 3 is 2.46 bits per heavy atom. The highest BCUT2D eigenvalue weighted by atomic mass is 19.4. The highest BCUT2D eigenvalue weighted by Gasteiger charge is 2.28. The van der Waals surface area contributed by atoms with E-state index in [0.717, 1.165) is 12.1 Å². The third-order valence-corrected chi connectivity index (χ3v) is 4.93. The Hall–Kier alpha value is -4.39. The van der Waals surface area contributed by atoms with E-state index in [1.807, 2.05) is 0 Å². The minimum absolute atomic E-state index is 0.00577. The van der Waals surface area contributed by atoms with Crippen molar-refractivity contribution in [3.63, 3.8) is 0 Å². The first-order valence-electron chi connectivity index (χ1n) is 10.2. The molecule has 0 aliphatic carbocycles. The van der Waals surface area contributed by atoms with Crippen LogP contribution in [0.15, 0.2) is 60.7 Å². The number of ether oxygens (including phenoxy) is 1. The number of rotatable bonds is 7. The molecule has 6 nitrogen and oxygen atoms in total. The summed E-state index contributed by atoms with van der Waals surface area (Å²) in [5, 5.41) is 13.3. The van der Waals surface area contributed by atoms with Gasteiger partial charge in [-0.15, -0.1) is 0 Å². The van der Waals surface area contributed by atoms with Crippen LogP contribution in [-0.4, -0.2) is 24.5 Å². The maximum Gasteiger partial charge on any atom is 0.405 e. The summed E-state index contributed by atoms with van der Waals surface area (Å²) in [5.74, 6) is -2.31. The molecular weight excluding hydrogens is 466 g/mol. The number of carbonyl (C=O) groups excluding carboxylic acids is 2. The number of alkyl halides is 3. The molecule has 0 aliphatic heterocycles. The van der Waals surface area contributed by atoms with Crippen LogP contribution in [0.4, 0.5) is 23.2 Å². The first kappa shape index (κ1) is 25.2. The lowest BCUT2D eigenvalue weighted by atomic mass is 10.1. The molecule has 0 aromatic heterocycles. The van der Waals surface area contributed by atoms with Crippen molar-refractivity contribution in [1.29, 1.82) is 5.26 Å². The van der Waals surface area contributed by atoms with Crippen LogP contribution in [0.2, 0.25) is 0 Å². The van der Waals surface area contributed by atoms with E-state index in [9.17, 15) is 32.4 Å². The van der Waals surface area contributed by atoms with Crippen LogP contribution in [0, 0.1) is 24.1 Å². The summed E-state index contributed by atoms with van der Waals surface area (Å²) in [6.45, 7) is -0.128. The zero-order valence-corrected chi connectivity index (χ0v) is 18.4. The monoisotopic (exact) mass is 485 g/mol. The van der Waals surface area contributed by atoms with Gasteiger partial charge < -0.3 is 15.4 Å². The fourth-order valence-electron chi connectivity index (χ4n) is 3.06. The molecular formula is C25H19F4N3O3. The highest BCUT2D eigenvalue weighted by molar-refractivity contribution is 6.05. The first-order chi connectivity index (χ1) is 16.6. The smallest absolute Gasteiger partial charge is 0.405 e. The lowest BCUT2D eigenvalue weighted by molar-refractivity contribution is -0.123. The number of halogens is 4. The predicted molar refractivity (Wildman–Crippen MR) is 119 cm³/mol. The van der Waals surface area contributed by atoms with Crippen molar-refractivity contribution in [2.45, 2.75) is 19.7 Å². The average Bonchev–Trinajstić information content (AvgIpc) is 2.83. The Labute approximate surface area is 198 Å². The van der Waals surface area contributed by atoms with Gasteiger partial charge in [0.2, 0.25) is 0 Å². The van der Waals surface area contributed by atoms with E-state index in [1.54, 1.807) is 41.7 Å². The molecule has 0 unspecified atom stereocenters. The minimum atomic E-state index is -4.63. The van der Waals surface area contributed by atoms with Gasteiger partial charge in [-0.2, -0.15) is 18.4 Å². The number of hydrogen-bond acceptors (Lipinski definition) is 4. The molecule has 0 saturated carbocycles. The van der Waals surface area contributed by atoms with E-state index in [-0.39, 0.29) is 29.0 Å². The van der Waals surface area contributed by atoms with Gasteiger partial charge in [0.15, 0.2) is 0 Å². The van der Waals surface area contributed by atoms with E-state index in [4.69, 9.17) is 4.74 Å². The molecule has 10 heteroatoms. The van der Waals surface area contributed by atoms with E-state index in [0.29, 0.717) is 16.9 Å². The lowest BCUT2D eigenvalue weighted by Gasteiger charge is -2.13. The van der Waals surface area contributed by atoms with Gasteiger partial charge in [-0.25, -0.2) is 4.39 Å². The quantitative estimate of drug-likeness (QED) is 0.454. The number of amides is 2. The average molecular weight is 485 g/mol. The maximum absolute atomic E-state index is 14.3. The Balaban J connectivity index is 1.74. The van der Waals surface area contributed by atoms with Crippen LogP contribution in [0.3, 0.4) is 0 Å². The number of hydrogen-bond donors (Lipinski definition) is 2. The summed E-state index contributed by atoms with van der Waals surface area (Å²) in [6.07, 6.45) is -4.63.